The molecule has 1 amide bonds. The summed E-state index contributed by atoms with van der Waals surface area (Å²) in [5, 5.41) is 9.19. The standard InChI is InChI=1S/C14H28N2O5Si/c1-11-7-15-8-12(2)20-22(19-11,21-13(3)9-15)10-16(5-6-17)14(4)18/h11-13,17H,5-10H2,1-4H3/t11-,12-,13-/m1/s1. The second-order valence-corrected chi connectivity index (χ2v) is 8.74. The van der Waals surface area contributed by atoms with Crippen molar-refractivity contribution in [3.8, 4) is 0 Å². The van der Waals surface area contributed by atoms with Gasteiger partial charge in [0.1, 0.15) is 0 Å². The van der Waals surface area contributed by atoms with E-state index in [0.29, 0.717) is 6.17 Å². The Hall–Kier alpha value is -0.513. The van der Waals surface area contributed by atoms with Gasteiger partial charge in [-0.15, -0.1) is 0 Å². The van der Waals surface area contributed by atoms with E-state index in [-0.39, 0.29) is 37.4 Å². The fourth-order valence-corrected chi connectivity index (χ4v) is 6.54. The fourth-order valence-electron chi connectivity index (χ4n) is 3.24. The van der Waals surface area contributed by atoms with Gasteiger partial charge in [-0.1, -0.05) is 0 Å². The normalized spacial score (nSPS) is 39.0. The first-order chi connectivity index (χ1) is 10.3. The summed E-state index contributed by atoms with van der Waals surface area (Å²) in [7, 11) is -3.01. The van der Waals surface area contributed by atoms with E-state index in [1.807, 2.05) is 20.8 Å². The minimum Gasteiger partial charge on any atom is -0.395 e. The predicted molar refractivity (Wildman–Crippen MR) is 83.2 cm³/mol. The number of hydrogen-bond acceptors (Lipinski definition) is 6. The maximum atomic E-state index is 11.8. The zero-order valence-corrected chi connectivity index (χ0v) is 14.9. The number of carbonyl (C=O) groups is 1. The molecule has 3 aliphatic rings. The van der Waals surface area contributed by atoms with Gasteiger partial charge in [-0.05, 0) is 20.8 Å². The van der Waals surface area contributed by atoms with Crippen LogP contribution < -0.4 is 0 Å². The Morgan fingerprint density at radius 2 is 1.59 bits per heavy atom. The molecule has 2 bridgehead atoms. The second kappa shape index (κ2) is 7.37. The number of amides is 1. The van der Waals surface area contributed by atoms with Crippen LogP contribution in [0.25, 0.3) is 0 Å². The number of rotatable bonds is 4. The van der Waals surface area contributed by atoms with Crippen molar-refractivity contribution in [2.24, 2.45) is 0 Å². The Morgan fingerprint density at radius 3 is 1.95 bits per heavy atom. The largest absolute Gasteiger partial charge is 0.522 e. The van der Waals surface area contributed by atoms with Crippen molar-refractivity contribution in [1.29, 1.82) is 0 Å². The maximum absolute atomic E-state index is 11.8. The van der Waals surface area contributed by atoms with E-state index in [1.54, 1.807) is 4.90 Å². The Bertz CT molecular complexity index is 361. The quantitative estimate of drug-likeness (QED) is 0.722. The summed E-state index contributed by atoms with van der Waals surface area (Å²) in [5.41, 5.74) is 0. The molecule has 0 radical (unpaired) electrons. The lowest BCUT2D eigenvalue weighted by Gasteiger charge is -2.46. The zero-order chi connectivity index (χ0) is 16.3. The van der Waals surface area contributed by atoms with Gasteiger partial charge < -0.3 is 23.3 Å². The van der Waals surface area contributed by atoms with Crippen molar-refractivity contribution in [2.45, 2.75) is 46.0 Å². The topological polar surface area (TPSA) is 71.5 Å². The number of fused-ring (bicyclic) bond motifs is 6. The van der Waals surface area contributed by atoms with Gasteiger partial charge >= 0.3 is 8.80 Å². The second-order valence-electron chi connectivity index (χ2n) is 6.35. The molecule has 3 saturated heterocycles. The van der Waals surface area contributed by atoms with Crippen LogP contribution in [-0.4, -0.2) is 86.9 Å². The Balaban J connectivity index is 2.25. The van der Waals surface area contributed by atoms with Crippen LogP contribution in [-0.2, 0) is 18.1 Å². The first kappa shape index (κ1) is 17.8. The monoisotopic (exact) mass is 332 g/mol. The van der Waals surface area contributed by atoms with E-state index in [0.717, 1.165) is 19.6 Å². The number of hydrogen-bond donors (Lipinski definition) is 1. The lowest BCUT2D eigenvalue weighted by atomic mass is 10.2. The minimum atomic E-state index is -3.01. The van der Waals surface area contributed by atoms with E-state index in [2.05, 4.69) is 4.90 Å². The third-order valence-electron chi connectivity index (χ3n) is 3.89. The molecule has 0 aliphatic carbocycles. The molecule has 128 valence electrons. The summed E-state index contributed by atoms with van der Waals surface area (Å²) in [4.78, 5) is 15.7. The smallest absolute Gasteiger partial charge is 0.395 e. The van der Waals surface area contributed by atoms with E-state index in [9.17, 15) is 9.90 Å². The minimum absolute atomic E-state index is 0.00500. The van der Waals surface area contributed by atoms with Crippen molar-refractivity contribution < 1.29 is 23.2 Å². The Morgan fingerprint density at radius 1 is 1.14 bits per heavy atom. The molecule has 0 aromatic carbocycles. The van der Waals surface area contributed by atoms with E-state index < -0.39 is 8.80 Å². The van der Waals surface area contributed by atoms with Gasteiger partial charge in [0.25, 0.3) is 0 Å². The van der Waals surface area contributed by atoms with Gasteiger partial charge in [0.2, 0.25) is 5.91 Å². The SMILES string of the molecule is CC(=O)N(CCO)C[Si]12O[C@H](C)CN(C[C@@H](C)O1)C[C@@H](C)O2. The average molecular weight is 332 g/mol. The predicted octanol–water partition coefficient (Wildman–Crippen LogP) is -0.150. The lowest BCUT2D eigenvalue weighted by molar-refractivity contribution is -0.131. The molecule has 7 nitrogen and oxygen atoms in total. The molecule has 0 unspecified atom stereocenters. The first-order valence-electron chi connectivity index (χ1n) is 7.95. The van der Waals surface area contributed by atoms with E-state index >= 15 is 0 Å². The van der Waals surface area contributed by atoms with Gasteiger partial charge in [0, 0.05) is 33.1 Å². The number of carbonyl (C=O) groups excluding carboxylic acids is 1. The van der Waals surface area contributed by atoms with E-state index in [4.69, 9.17) is 13.3 Å². The summed E-state index contributed by atoms with van der Waals surface area (Å²) in [6.07, 6.45) is 0.279. The van der Waals surface area contributed by atoms with Crippen molar-refractivity contribution in [1.82, 2.24) is 9.80 Å². The highest BCUT2D eigenvalue weighted by Crippen LogP contribution is 2.25. The van der Waals surface area contributed by atoms with Gasteiger partial charge in [0.15, 0.2) is 0 Å². The molecule has 3 fully saturated rings. The molecule has 3 atom stereocenters. The molecule has 0 aromatic heterocycles. The highest BCUT2D eigenvalue weighted by molar-refractivity contribution is 6.61. The van der Waals surface area contributed by atoms with E-state index in [1.165, 1.54) is 6.92 Å². The van der Waals surface area contributed by atoms with Crippen LogP contribution >= 0.6 is 0 Å². The average Bonchev–Trinajstić information content (AvgIpc) is 2.33. The number of aliphatic hydroxyl groups excluding tert-OH is 1. The molecule has 0 aromatic rings. The Labute approximate surface area is 133 Å². The fraction of sp³-hybridized carbons (Fsp3) is 0.929. The molecule has 8 heteroatoms. The number of aliphatic hydroxyl groups is 1. The summed E-state index contributed by atoms with van der Waals surface area (Å²) in [6.45, 7) is 10.2. The molecule has 1 N–H and O–H groups in total. The van der Waals surface area contributed by atoms with Crippen LogP contribution in [0.2, 0.25) is 0 Å². The highest BCUT2D eigenvalue weighted by Gasteiger charge is 2.50. The van der Waals surface area contributed by atoms with Gasteiger partial charge in [-0.3, -0.25) is 9.69 Å². The van der Waals surface area contributed by atoms with Crippen LogP contribution in [0.3, 0.4) is 0 Å². The first-order valence-corrected chi connectivity index (χ1v) is 9.89. The van der Waals surface area contributed by atoms with Gasteiger partial charge in [-0.25, -0.2) is 0 Å². The molecule has 3 rings (SSSR count). The summed E-state index contributed by atoms with van der Waals surface area (Å²) in [5.74, 6) is -0.106. The Kier molecular flexibility index (Phi) is 5.98. The van der Waals surface area contributed by atoms with Gasteiger partial charge in [-0.2, -0.15) is 0 Å². The van der Waals surface area contributed by atoms with Gasteiger partial charge in [0.05, 0.1) is 31.1 Å². The van der Waals surface area contributed by atoms with Crippen molar-refractivity contribution in [3.63, 3.8) is 0 Å². The van der Waals surface area contributed by atoms with Crippen LogP contribution in [0.4, 0.5) is 0 Å². The van der Waals surface area contributed by atoms with Crippen LogP contribution in [0, 0.1) is 0 Å². The molecular formula is C14H28N2O5Si. The highest BCUT2D eigenvalue weighted by atomic mass is 28.4. The molecule has 0 saturated carbocycles. The zero-order valence-electron chi connectivity index (χ0n) is 13.9. The van der Waals surface area contributed by atoms with Crippen molar-refractivity contribution in [3.05, 3.63) is 0 Å². The lowest BCUT2D eigenvalue weighted by Crippen LogP contribution is -2.66. The summed E-state index contributed by atoms with van der Waals surface area (Å²) >= 11 is 0. The van der Waals surface area contributed by atoms with Crippen LogP contribution in [0.1, 0.15) is 27.7 Å². The van der Waals surface area contributed by atoms with Crippen molar-refractivity contribution >= 4 is 14.7 Å². The molecule has 3 heterocycles. The molecular weight excluding hydrogens is 304 g/mol. The molecule has 3 aliphatic heterocycles. The number of nitrogens with zero attached hydrogens (tertiary/aromatic N) is 2. The molecule has 22 heavy (non-hydrogen) atoms. The maximum Gasteiger partial charge on any atom is 0.522 e. The van der Waals surface area contributed by atoms with Crippen LogP contribution in [0.5, 0.6) is 0 Å². The van der Waals surface area contributed by atoms with Crippen LogP contribution in [0.15, 0.2) is 0 Å². The molecule has 0 spiro atoms. The summed E-state index contributed by atoms with van der Waals surface area (Å²) < 4.78 is 18.6. The van der Waals surface area contributed by atoms with Crippen molar-refractivity contribution in [2.75, 3.05) is 39.0 Å². The summed E-state index contributed by atoms with van der Waals surface area (Å²) in [6, 6.07) is 0. The third-order valence-corrected chi connectivity index (χ3v) is 6.94. The third kappa shape index (κ3) is 4.50.